The minimum absolute atomic E-state index is 0.156. The maximum absolute atomic E-state index is 13.3. The van der Waals surface area contributed by atoms with Gasteiger partial charge >= 0.3 is 0 Å². The van der Waals surface area contributed by atoms with Crippen molar-refractivity contribution in [1.29, 1.82) is 0 Å². The summed E-state index contributed by atoms with van der Waals surface area (Å²) in [5.41, 5.74) is 0.849. The first-order valence-electron chi connectivity index (χ1n) is 6.53. The van der Waals surface area contributed by atoms with E-state index in [2.05, 4.69) is 17.2 Å². The number of hydrogen-bond donors (Lipinski definition) is 1. The molecule has 2 aromatic rings. The van der Waals surface area contributed by atoms with E-state index in [1.54, 1.807) is 0 Å². The van der Waals surface area contributed by atoms with E-state index < -0.39 is 17.5 Å². The predicted molar refractivity (Wildman–Crippen MR) is 78.2 cm³/mol. The number of ether oxygens (including phenoxy) is 1. The van der Waals surface area contributed by atoms with Crippen LogP contribution in [-0.4, -0.2) is 19.1 Å². The topological polar surface area (TPSA) is 38.3 Å². The number of rotatable bonds is 4. The molecule has 0 spiro atoms. The molecule has 2 aromatic carbocycles. The summed E-state index contributed by atoms with van der Waals surface area (Å²) in [5.74, 6) is 3.50. The second-order valence-corrected chi connectivity index (χ2v) is 4.31. The molecule has 2 rings (SSSR count). The molecule has 0 fully saturated rings. The lowest BCUT2D eigenvalue weighted by molar-refractivity contribution is -0.122. The van der Waals surface area contributed by atoms with E-state index in [9.17, 15) is 13.6 Å². The van der Waals surface area contributed by atoms with E-state index in [1.807, 2.05) is 30.3 Å². The zero-order chi connectivity index (χ0) is 15.8. The van der Waals surface area contributed by atoms with Gasteiger partial charge in [0.05, 0.1) is 6.54 Å². The molecule has 0 aliphatic rings. The molecule has 1 amide bonds. The van der Waals surface area contributed by atoms with E-state index in [0.29, 0.717) is 6.07 Å². The first kappa shape index (κ1) is 15.5. The van der Waals surface area contributed by atoms with Gasteiger partial charge in [-0.1, -0.05) is 30.0 Å². The van der Waals surface area contributed by atoms with Gasteiger partial charge in [0.25, 0.3) is 5.91 Å². The van der Waals surface area contributed by atoms with Crippen LogP contribution in [0.2, 0.25) is 0 Å². The number of amides is 1. The van der Waals surface area contributed by atoms with Gasteiger partial charge in [-0.3, -0.25) is 4.79 Å². The van der Waals surface area contributed by atoms with Crippen molar-refractivity contribution in [3.05, 3.63) is 65.7 Å². The zero-order valence-electron chi connectivity index (χ0n) is 11.6. The van der Waals surface area contributed by atoms with Crippen LogP contribution in [0.15, 0.2) is 48.5 Å². The third-order valence-corrected chi connectivity index (χ3v) is 2.63. The van der Waals surface area contributed by atoms with E-state index >= 15 is 0 Å². The van der Waals surface area contributed by atoms with Crippen LogP contribution >= 0.6 is 0 Å². The predicted octanol–water partition coefficient (Wildman–Crippen LogP) is 2.51. The molecule has 0 bridgehead atoms. The van der Waals surface area contributed by atoms with Crippen molar-refractivity contribution < 1.29 is 18.3 Å². The minimum atomic E-state index is -0.850. The van der Waals surface area contributed by atoms with Gasteiger partial charge in [0, 0.05) is 11.6 Å². The maximum atomic E-state index is 13.3. The lowest BCUT2D eigenvalue weighted by atomic mass is 10.2. The van der Waals surface area contributed by atoms with Crippen LogP contribution < -0.4 is 10.1 Å². The molecule has 5 heteroatoms. The van der Waals surface area contributed by atoms with Crippen molar-refractivity contribution in [3.63, 3.8) is 0 Å². The van der Waals surface area contributed by atoms with E-state index in [1.165, 1.54) is 0 Å². The van der Waals surface area contributed by atoms with Crippen LogP contribution in [0, 0.1) is 23.5 Å². The molecule has 0 saturated carbocycles. The third kappa shape index (κ3) is 4.91. The Balaban J connectivity index is 1.76. The number of benzene rings is 2. The lowest BCUT2D eigenvalue weighted by Crippen LogP contribution is -2.29. The van der Waals surface area contributed by atoms with Crippen molar-refractivity contribution >= 4 is 5.91 Å². The Morgan fingerprint density at radius 2 is 1.91 bits per heavy atom. The highest BCUT2D eigenvalue weighted by Gasteiger charge is 2.07. The van der Waals surface area contributed by atoms with Crippen molar-refractivity contribution in [3.8, 4) is 17.6 Å². The molecule has 112 valence electrons. The van der Waals surface area contributed by atoms with Crippen LogP contribution in [0.3, 0.4) is 0 Å². The van der Waals surface area contributed by atoms with Gasteiger partial charge in [0.2, 0.25) is 0 Å². The van der Waals surface area contributed by atoms with E-state index in [4.69, 9.17) is 4.74 Å². The van der Waals surface area contributed by atoms with Gasteiger partial charge in [-0.05, 0) is 24.3 Å². The Bertz CT molecular complexity index is 706. The van der Waals surface area contributed by atoms with Gasteiger partial charge in [0.1, 0.15) is 5.82 Å². The van der Waals surface area contributed by atoms with E-state index in [-0.39, 0.29) is 18.9 Å². The number of carbonyl (C=O) groups is 1. The quantitative estimate of drug-likeness (QED) is 0.881. The van der Waals surface area contributed by atoms with Crippen LogP contribution in [0.1, 0.15) is 5.56 Å². The fourth-order valence-corrected chi connectivity index (χ4v) is 1.60. The van der Waals surface area contributed by atoms with Crippen LogP contribution in [0.5, 0.6) is 5.75 Å². The van der Waals surface area contributed by atoms with Crippen LogP contribution in [0.25, 0.3) is 0 Å². The molecule has 0 heterocycles. The summed E-state index contributed by atoms with van der Waals surface area (Å²) in [6, 6.07) is 12.2. The van der Waals surface area contributed by atoms with Gasteiger partial charge in [0.15, 0.2) is 18.2 Å². The summed E-state index contributed by atoms with van der Waals surface area (Å²) in [7, 11) is 0. The van der Waals surface area contributed by atoms with Crippen molar-refractivity contribution in [2.45, 2.75) is 0 Å². The first-order valence-corrected chi connectivity index (χ1v) is 6.53. The molecule has 0 unspecified atom stereocenters. The molecule has 0 saturated heterocycles. The molecule has 1 N–H and O–H groups in total. The number of halogens is 2. The highest BCUT2D eigenvalue weighted by atomic mass is 19.1. The maximum Gasteiger partial charge on any atom is 0.258 e. The molecule has 0 aliphatic carbocycles. The van der Waals surface area contributed by atoms with Gasteiger partial charge in [-0.2, -0.15) is 0 Å². The smallest absolute Gasteiger partial charge is 0.258 e. The highest BCUT2D eigenvalue weighted by Crippen LogP contribution is 2.17. The van der Waals surface area contributed by atoms with Gasteiger partial charge in [-0.25, -0.2) is 8.78 Å². The van der Waals surface area contributed by atoms with Crippen molar-refractivity contribution in [2.75, 3.05) is 13.2 Å². The Kier molecular flexibility index (Phi) is 5.50. The van der Waals surface area contributed by atoms with Gasteiger partial charge in [-0.15, -0.1) is 0 Å². The second-order valence-electron chi connectivity index (χ2n) is 4.31. The van der Waals surface area contributed by atoms with Crippen LogP contribution in [0.4, 0.5) is 8.78 Å². The second kappa shape index (κ2) is 7.79. The SMILES string of the molecule is O=C(COc1ccc(F)cc1F)NCC#Cc1ccccc1. The molecular formula is C17H13F2NO2. The number of hydrogen-bond acceptors (Lipinski definition) is 2. The first-order chi connectivity index (χ1) is 10.6. The monoisotopic (exact) mass is 301 g/mol. The summed E-state index contributed by atoms with van der Waals surface area (Å²) in [6.07, 6.45) is 0. The Hall–Kier alpha value is -2.87. The summed E-state index contributed by atoms with van der Waals surface area (Å²) in [4.78, 5) is 11.5. The van der Waals surface area contributed by atoms with E-state index in [0.717, 1.165) is 17.7 Å². The average Bonchev–Trinajstić information content (AvgIpc) is 2.52. The highest BCUT2D eigenvalue weighted by molar-refractivity contribution is 5.77. The largest absolute Gasteiger partial charge is 0.481 e. The number of carbonyl (C=O) groups excluding carboxylic acids is 1. The average molecular weight is 301 g/mol. The minimum Gasteiger partial charge on any atom is -0.481 e. The van der Waals surface area contributed by atoms with Crippen molar-refractivity contribution in [2.24, 2.45) is 0 Å². The number of nitrogens with one attached hydrogen (secondary N) is 1. The molecule has 0 aromatic heterocycles. The Labute approximate surface area is 126 Å². The Morgan fingerprint density at radius 3 is 2.64 bits per heavy atom. The summed E-state index contributed by atoms with van der Waals surface area (Å²) < 4.78 is 30.9. The summed E-state index contributed by atoms with van der Waals surface area (Å²) in [6.45, 7) is -0.210. The summed E-state index contributed by atoms with van der Waals surface area (Å²) in [5, 5.41) is 2.52. The third-order valence-electron chi connectivity index (χ3n) is 2.63. The zero-order valence-corrected chi connectivity index (χ0v) is 11.6. The fourth-order valence-electron chi connectivity index (χ4n) is 1.60. The molecule has 0 radical (unpaired) electrons. The standard InChI is InChI=1S/C17H13F2NO2/c18-14-8-9-16(15(19)11-14)22-12-17(21)20-10-4-7-13-5-2-1-3-6-13/h1-3,5-6,8-9,11H,10,12H2,(H,20,21). The fraction of sp³-hybridized carbons (Fsp3) is 0.118. The molecular weight excluding hydrogens is 288 g/mol. The Morgan fingerprint density at radius 1 is 1.14 bits per heavy atom. The van der Waals surface area contributed by atoms with Crippen molar-refractivity contribution in [1.82, 2.24) is 5.32 Å². The molecule has 22 heavy (non-hydrogen) atoms. The summed E-state index contributed by atoms with van der Waals surface area (Å²) >= 11 is 0. The molecule has 0 atom stereocenters. The normalized spacial score (nSPS) is 9.55. The molecule has 3 nitrogen and oxygen atoms in total. The van der Waals surface area contributed by atoms with Crippen LogP contribution in [-0.2, 0) is 4.79 Å². The molecule has 0 aliphatic heterocycles. The van der Waals surface area contributed by atoms with Gasteiger partial charge < -0.3 is 10.1 Å². The lowest BCUT2D eigenvalue weighted by Gasteiger charge is -2.06.